The lowest BCUT2D eigenvalue weighted by Gasteiger charge is -2.09. The number of benzene rings is 1. The first-order chi connectivity index (χ1) is 12.6. The van der Waals surface area contributed by atoms with Crippen molar-refractivity contribution in [3.8, 4) is 11.8 Å². The minimum absolute atomic E-state index is 0.101. The van der Waals surface area contributed by atoms with Crippen LogP contribution in [0.25, 0.3) is 0 Å². The van der Waals surface area contributed by atoms with E-state index in [9.17, 15) is 10.1 Å². The molecule has 0 spiro atoms. The van der Waals surface area contributed by atoms with E-state index in [2.05, 4.69) is 11.4 Å². The molecule has 136 valence electrons. The summed E-state index contributed by atoms with van der Waals surface area (Å²) < 4.78 is 5.59. The number of thiophene rings is 1. The van der Waals surface area contributed by atoms with Gasteiger partial charge in [0.05, 0.1) is 5.56 Å². The fraction of sp³-hybridized carbons (Fsp3) is 0.400. The Kier molecular flexibility index (Phi) is 6.18. The summed E-state index contributed by atoms with van der Waals surface area (Å²) in [5.74, 6) is 0.369. The van der Waals surface area contributed by atoms with Crippen molar-refractivity contribution in [2.45, 2.75) is 45.4 Å². The summed E-state index contributed by atoms with van der Waals surface area (Å²) in [4.78, 5) is 13.6. The zero-order valence-corrected chi connectivity index (χ0v) is 16.3. The number of nitrogens with one attached hydrogen (secondary N) is 1. The molecule has 0 fully saturated rings. The van der Waals surface area contributed by atoms with Gasteiger partial charge in [-0.3, -0.25) is 4.79 Å². The average Bonchev–Trinajstić information content (AvgIpc) is 2.89. The van der Waals surface area contributed by atoms with Crippen molar-refractivity contribution in [2.24, 2.45) is 0 Å². The number of nitriles is 1. The van der Waals surface area contributed by atoms with E-state index in [-0.39, 0.29) is 12.5 Å². The van der Waals surface area contributed by atoms with Crippen LogP contribution < -0.4 is 10.1 Å². The molecule has 1 aliphatic carbocycles. The van der Waals surface area contributed by atoms with E-state index in [4.69, 9.17) is 16.3 Å². The largest absolute Gasteiger partial charge is 0.483 e. The first-order valence-corrected chi connectivity index (χ1v) is 10.0. The number of anilines is 1. The highest BCUT2D eigenvalue weighted by molar-refractivity contribution is 7.16. The molecule has 0 radical (unpaired) electrons. The SMILES string of the molecule is Cc1cc(Cl)ccc1OCC(=O)Nc1sc2c(c1C#N)CCCCCC2. The monoisotopic (exact) mass is 388 g/mol. The molecule has 0 atom stereocenters. The van der Waals surface area contributed by atoms with Crippen LogP contribution in [0.3, 0.4) is 0 Å². The van der Waals surface area contributed by atoms with Gasteiger partial charge >= 0.3 is 0 Å². The Bertz CT molecular complexity index is 854. The van der Waals surface area contributed by atoms with Gasteiger partial charge in [0.1, 0.15) is 16.8 Å². The third kappa shape index (κ3) is 4.38. The smallest absolute Gasteiger partial charge is 0.262 e. The topological polar surface area (TPSA) is 62.1 Å². The zero-order valence-electron chi connectivity index (χ0n) is 14.7. The molecule has 0 unspecified atom stereocenters. The molecular weight excluding hydrogens is 368 g/mol. The third-order valence-corrected chi connectivity index (χ3v) is 5.97. The standard InChI is InChI=1S/C20H21ClN2O2S/c1-13-10-14(21)8-9-17(13)25-12-19(24)23-20-16(11-22)15-6-4-2-3-5-7-18(15)26-20/h8-10H,2-7,12H2,1H3,(H,23,24). The number of hydrogen-bond acceptors (Lipinski definition) is 4. The zero-order chi connectivity index (χ0) is 18.5. The van der Waals surface area contributed by atoms with Crippen LogP contribution in [0.2, 0.25) is 5.02 Å². The maximum absolute atomic E-state index is 12.3. The van der Waals surface area contributed by atoms with Gasteiger partial charge in [0, 0.05) is 9.90 Å². The van der Waals surface area contributed by atoms with Gasteiger partial charge in [0.25, 0.3) is 5.91 Å². The van der Waals surface area contributed by atoms with Crippen LogP contribution in [0.4, 0.5) is 5.00 Å². The van der Waals surface area contributed by atoms with Crippen LogP contribution in [0.5, 0.6) is 5.75 Å². The Balaban J connectivity index is 1.69. The molecule has 2 aromatic rings. The molecule has 1 amide bonds. The van der Waals surface area contributed by atoms with Crippen molar-refractivity contribution in [3.05, 3.63) is 44.8 Å². The Morgan fingerprint density at radius 3 is 2.81 bits per heavy atom. The van der Waals surface area contributed by atoms with E-state index in [1.807, 2.05) is 6.92 Å². The van der Waals surface area contributed by atoms with Gasteiger partial charge in [-0.25, -0.2) is 0 Å². The molecule has 4 nitrogen and oxygen atoms in total. The van der Waals surface area contributed by atoms with Gasteiger partial charge in [-0.1, -0.05) is 24.4 Å². The Hall–Kier alpha value is -2.03. The van der Waals surface area contributed by atoms with E-state index in [1.165, 1.54) is 29.1 Å². The highest BCUT2D eigenvalue weighted by Crippen LogP contribution is 2.36. The molecule has 6 heteroatoms. The quantitative estimate of drug-likeness (QED) is 0.777. The number of hydrogen-bond donors (Lipinski definition) is 1. The van der Waals surface area contributed by atoms with Crippen molar-refractivity contribution in [1.82, 2.24) is 0 Å². The molecule has 0 saturated heterocycles. The normalized spacial score (nSPS) is 13.9. The van der Waals surface area contributed by atoms with Crippen LogP contribution in [-0.2, 0) is 17.6 Å². The van der Waals surface area contributed by atoms with Crippen molar-refractivity contribution in [3.63, 3.8) is 0 Å². The lowest BCUT2D eigenvalue weighted by atomic mass is 9.97. The highest BCUT2D eigenvalue weighted by atomic mass is 35.5. The van der Waals surface area contributed by atoms with E-state index >= 15 is 0 Å². The second-order valence-electron chi connectivity index (χ2n) is 6.48. The number of halogens is 1. The van der Waals surface area contributed by atoms with Crippen LogP contribution in [0.1, 0.15) is 47.3 Å². The Labute approximate surface area is 162 Å². The molecule has 1 aromatic carbocycles. The van der Waals surface area contributed by atoms with Crippen LogP contribution in [0, 0.1) is 18.3 Å². The number of carbonyl (C=O) groups excluding carboxylic acids is 1. The van der Waals surface area contributed by atoms with Crippen LogP contribution >= 0.6 is 22.9 Å². The maximum atomic E-state index is 12.3. The fourth-order valence-electron chi connectivity index (χ4n) is 3.21. The molecule has 0 bridgehead atoms. The minimum atomic E-state index is -0.259. The number of aryl methyl sites for hydroxylation is 2. The van der Waals surface area contributed by atoms with Gasteiger partial charge in [-0.2, -0.15) is 5.26 Å². The maximum Gasteiger partial charge on any atom is 0.262 e. The Morgan fingerprint density at radius 2 is 2.08 bits per heavy atom. The average molecular weight is 389 g/mol. The summed E-state index contributed by atoms with van der Waals surface area (Å²) in [5, 5.41) is 13.7. The predicted molar refractivity (Wildman–Crippen MR) is 105 cm³/mol. The predicted octanol–water partition coefficient (Wildman–Crippen LogP) is 5.26. The Morgan fingerprint density at radius 1 is 1.31 bits per heavy atom. The molecule has 26 heavy (non-hydrogen) atoms. The first-order valence-electron chi connectivity index (χ1n) is 8.82. The van der Waals surface area contributed by atoms with Gasteiger partial charge in [0.15, 0.2) is 6.61 Å². The van der Waals surface area contributed by atoms with Crippen LogP contribution in [-0.4, -0.2) is 12.5 Å². The summed E-state index contributed by atoms with van der Waals surface area (Å²) in [5.41, 5.74) is 2.63. The number of nitrogens with zero attached hydrogens (tertiary/aromatic N) is 1. The number of fused-ring (bicyclic) bond motifs is 1. The number of amides is 1. The van der Waals surface area contributed by atoms with E-state index in [1.54, 1.807) is 18.2 Å². The number of carbonyl (C=O) groups is 1. The molecule has 0 saturated carbocycles. The molecule has 1 N–H and O–H groups in total. The molecule has 1 aliphatic rings. The highest BCUT2D eigenvalue weighted by Gasteiger charge is 2.20. The number of ether oxygens (including phenoxy) is 1. The van der Waals surface area contributed by atoms with Crippen molar-refractivity contribution in [1.29, 1.82) is 5.26 Å². The fourth-order valence-corrected chi connectivity index (χ4v) is 4.69. The summed E-state index contributed by atoms with van der Waals surface area (Å²) in [7, 11) is 0. The van der Waals surface area contributed by atoms with Crippen LogP contribution in [0.15, 0.2) is 18.2 Å². The van der Waals surface area contributed by atoms with Crippen molar-refractivity contribution in [2.75, 3.05) is 11.9 Å². The molecule has 0 aliphatic heterocycles. The minimum Gasteiger partial charge on any atom is -0.483 e. The lowest BCUT2D eigenvalue weighted by Crippen LogP contribution is -2.20. The third-order valence-electron chi connectivity index (χ3n) is 4.53. The van der Waals surface area contributed by atoms with E-state index in [0.29, 0.717) is 21.3 Å². The molecule has 3 rings (SSSR count). The molecule has 1 aromatic heterocycles. The van der Waals surface area contributed by atoms with E-state index in [0.717, 1.165) is 36.8 Å². The van der Waals surface area contributed by atoms with Gasteiger partial charge in [-0.05, 0) is 61.9 Å². The summed E-state index contributed by atoms with van der Waals surface area (Å²) >= 11 is 7.47. The van der Waals surface area contributed by atoms with Gasteiger partial charge in [0.2, 0.25) is 0 Å². The van der Waals surface area contributed by atoms with Crippen molar-refractivity contribution >= 4 is 33.8 Å². The summed E-state index contributed by atoms with van der Waals surface area (Å²) in [6.45, 7) is 1.78. The number of rotatable bonds is 4. The van der Waals surface area contributed by atoms with Gasteiger partial charge < -0.3 is 10.1 Å². The first kappa shape index (κ1) is 18.8. The molecule has 1 heterocycles. The van der Waals surface area contributed by atoms with Gasteiger partial charge in [-0.15, -0.1) is 11.3 Å². The molecular formula is C20H21ClN2O2S. The summed E-state index contributed by atoms with van der Waals surface area (Å²) in [6, 6.07) is 7.56. The second kappa shape index (κ2) is 8.57. The van der Waals surface area contributed by atoms with Crippen molar-refractivity contribution < 1.29 is 9.53 Å². The van der Waals surface area contributed by atoms with E-state index < -0.39 is 0 Å². The second-order valence-corrected chi connectivity index (χ2v) is 8.02. The summed E-state index contributed by atoms with van der Waals surface area (Å²) in [6.07, 6.45) is 6.59. The lowest BCUT2D eigenvalue weighted by molar-refractivity contribution is -0.118.